The molecule has 2 atom stereocenters. The maximum Gasteiger partial charge on any atom is 0.338 e. The molecule has 0 bridgehead atoms. The Bertz CT molecular complexity index is 1230. The van der Waals surface area contributed by atoms with Crippen LogP contribution < -0.4 is 10.2 Å². The molecule has 0 saturated carbocycles. The molecular weight excluding hydrogens is 462 g/mol. The summed E-state index contributed by atoms with van der Waals surface area (Å²) in [5.74, 6) is -0.662. The molecule has 2 aliphatic heterocycles. The number of ether oxygens (including phenoxy) is 1. The van der Waals surface area contributed by atoms with Gasteiger partial charge in [-0.1, -0.05) is 26.0 Å². The van der Waals surface area contributed by atoms with Crippen LogP contribution in [-0.2, 0) is 19.6 Å². The van der Waals surface area contributed by atoms with Crippen LogP contribution >= 0.6 is 11.8 Å². The van der Waals surface area contributed by atoms with Crippen LogP contribution in [0.4, 0.5) is 11.4 Å². The number of sulfonamides is 1. The number of amides is 1. The summed E-state index contributed by atoms with van der Waals surface area (Å²) in [4.78, 5) is 27.7. The third kappa shape index (κ3) is 5.06. The average Bonchev–Trinajstić information content (AvgIpc) is 3.14. The number of thioether (sulfide) groups is 1. The van der Waals surface area contributed by atoms with Crippen LogP contribution in [0.5, 0.6) is 0 Å². The van der Waals surface area contributed by atoms with E-state index in [-0.39, 0.29) is 11.3 Å². The molecule has 2 aromatic rings. The molecule has 0 saturated heterocycles. The van der Waals surface area contributed by atoms with E-state index in [1.807, 2.05) is 29.2 Å². The normalized spacial score (nSPS) is 17.9. The van der Waals surface area contributed by atoms with Crippen molar-refractivity contribution in [2.24, 2.45) is 4.40 Å². The summed E-state index contributed by atoms with van der Waals surface area (Å²) in [6.45, 7) is 6.11. The molecule has 4 rings (SSSR count). The summed E-state index contributed by atoms with van der Waals surface area (Å²) in [5, 5.41) is 3.15. The van der Waals surface area contributed by atoms with Crippen molar-refractivity contribution in [1.82, 2.24) is 0 Å². The smallest absolute Gasteiger partial charge is 0.338 e. The van der Waals surface area contributed by atoms with Gasteiger partial charge in [-0.3, -0.25) is 4.79 Å². The first kappa shape index (κ1) is 23.3. The second kappa shape index (κ2) is 9.18. The SMILES string of the molecule is CC[C@H](C)c1ccc(NC(=O)[C@@H](C)OC(=O)c2ccc3c(c2)SC2=NS(=O)(=O)CCN23)cc1. The first-order valence-corrected chi connectivity index (χ1v) is 13.1. The molecule has 0 unspecified atom stereocenters. The molecule has 2 aliphatic rings. The number of nitrogens with one attached hydrogen (secondary N) is 1. The van der Waals surface area contributed by atoms with Gasteiger partial charge in [-0.2, -0.15) is 0 Å². The molecular formula is C23H25N3O5S2. The van der Waals surface area contributed by atoms with Gasteiger partial charge in [0.25, 0.3) is 15.9 Å². The van der Waals surface area contributed by atoms with Gasteiger partial charge in [0.1, 0.15) is 0 Å². The summed E-state index contributed by atoms with van der Waals surface area (Å²) in [6, 6.07) is 12.6. The number of hydrogen-bond acceptors (Lipinski definition) is 7. The molecule has 2 aromatic carbocycles. The summed E-state index contributed by atoms with van der Waals surface area (Å²) < 4.78 is 32.7. The maximum atomic E-state index is 12.6. The summed E-state index contributed by atoms with van der Waals surface area (Å²) >= 11 is 1.20. The summed E-state index contributed by atoms with van der Waals surface area (Å²) in [6.07, 6.45) is 0.0407. The fourth-order valence-electron chi connectivity index (χ4n) is 3.51. The molecule has 1 amide bonds. The molecule has 1 N–H and O–H groups in total. The molecule has 0 fully saturated rings. The molecule has 0 aromatic heterocycles. The molecule has 0 aliphatic carbocycles. The van der Waals surface area contributed by atoms with Gasteiger partial charge >= 0.3 is 5.97 Å². The Morgan fingerprint density at radius 2 is 1.91 bits per heavy atom. The van der Waals surface area contributed by atoms with Gasteiger partial charge in [0.15, 0.2) is 11.3 Å². The first-order valence-electron chi connectivity index (χ1n) is 10.7. The predicted molar refractivity (Wildman–Crippen MR) is 130 cm³/mol. The number of fused-ring (bicyclic) bond motifs is 3. The molecule has 10 heteroatoms. The minimum Gasteiger partial charge on any atom is -0.449 e. The van der Waals surface area contributed by atoms with E-state index in [0.717, 1.165) is 17.0 Å². The fourth-order valence-corrected chi connectivity index (χ4v) is 5.81. The van der Waals surface area contributed by atoms with Gasteiger partial charge in [0.05, 0.1) is 17.0 Å². The van der Waals surface area contributed by atoms with E-state index < -0.39 is 28.0 Å². The third-order valence-electron chi connectivity index (χ3n) is 5.72. The highest BCUT2D eigenvalue weighted by Crippen LogP contribution is 2.42. The Morgan fingerprint density at radius 1 is 1.18 bits per heavy atom. The number of anilines is 2. The van der Waals surface area contributed by atoms with Gasteiger partial charge in [0, 0.05) is 17.1 Å². The summed E-state index contributed by atoms with van der Waals surface area (Å²) in [7, 11) is -3.45. The van der Waals surface area contributed by atoms with Gasteiger partial charge in [-0.25, -0.2) is 13.2 Å². The van der Waals surface area contributed by atoms with Gasteiger partial charge < -0.3 is 15.0 Å². The van der Waals surface area contributed by atoms with Crippen molar-refractivity contribution >= 4 is 50.2 Å². The molecule has 0 radical (unpaired) electrons. The lowest BCUT2D eigenvalue weighted by Crippen LogP contribution is -2.35. The van der Waals surface area contributed by atoms with Crippen LogP contribution in [0.15, 0.2) is 51.8 Å². The van der Waals surface area contributed by atoms with Crippen molar-refractivity contribution in [3.63, 3.8) is 0 Å². The van der Waals surface area contributed by atoms with Crippen molar-refractivity contribution in [3.8, 4) is 0 Å². The fraction of sp³-hybridized carbons (Fsp3) is 0.348. The van der Waals surface area contributed by atoms with Crippen molar-refractivity contribution in [3.05, 3.63) is 53.6 Å². The van der Waals surface area contributed by atoms with Crippen molar-refractivity contribution in [1.29, 1.82) is 0 Å². The third-order valence-corrected chi connectivity index (χ3v) is 8.03. The van der Waals surface area contributed by atoms with E-state index >= 15 is 0 Å². The highest BCUT2D eigenvalue weighted by molar-refractivity contribution is 8.15. The monoisotopic (exact) mass is 487 g/mol. The van der Waals surface area contributed by atoms with Crippen LogP contribution in [-0.4, -0.2) is 43.9 Å². The highest BCUT2D eigenvalue weighted by Gasteiger charge is 2.33. The zero-order chi connectivity index (χ0) is 23.8. The standard InChI is InChI=1S/C23H25N3O5S2/c1-4-14(2)16-5-8-18(9-6-16)24-21(27)15(3)31-22(28)17-7-10-19-20(13-17)32-23-25-33(29,30)12-11-26(19)23/h5-10,13-15H,4,11-12H2,1-3H3,(H,24,27)/t14-,15+/m0/s1. The largest absolute Gasteiger partial charge is 0.449 e. The van der Waals surface area contributed by atoms with E-state index in [0.29, 0.717) is 23.3 Å². The van der Waals surface area contributed by atoms with E-state index in [9.17, 15) is 18.0 Å². The van der Waals surface area contributed by atoms with Gasteiger partial charge in [-0.05, 0) is 66.9 Å². The zero-order valence-electron chi connectivity index (χ0n) is 18.6. The lowest BCUT2D eigenvalue weighted by atomic mass is 9.99. The van der Waals surface area contributed by atoms with E-state index in [1.54, 1.807) is 18.2 Å². The Morgan fingerprint density at radius 3 is 2.61 bits per heavy atom. The lowest BCUT2D eigenvalue weighted by molar-refractivity contribution is -0.123. The number of esters is 1. The minimum atomic E-state index is -3.45. The summed E-state index contributed by atoms with van der Waals surface area (Å²) in [5.41, 5.74) is 2.92. The number of nitrogens with zero attached hydrogens (tertiary/aromatic N) is 2. The second-order valence-electron chi connectivity index (χ2n) is 8.06. The number of benzene rings is 2. The molecule has 0 spiro atoms. The Labute approximate surface area is 197 Å². The number of amidine groups is 1. The lowest BCUT2D eigenvalue weighted by Gasteiger charge is -2.22. The second-order valence-corrected chi connectivity index (χ2v) is 10.8. The van der Waals surface area contributed by atoms with Crippen molar-refractivity contribution in [2.75, 3.05) is 22.5 Å². The Kier molecular flexibility index (Phi) is 6.49. The number of rotatable bonds is 6. The topological polar surface area (TPSA) is 105 Å². The van der Waals surface area contributed by atoms with Gasteiger partial charge in [-0.15, -0.1) is 4.40 Å². The molecule has 33 heavy (non-hydrogen) atoms. The first-order chi connectivity index (χ1) is 15.7. The van der Waals surface area contributed by atoms with Crippen LogP contribution in [0, 0.1) is 0 Å². The van der Waals surface area contributed by atoms with Crippen LogP contribution in [0.1, 0.15) is 49.0 Å². The highest BCUT2D eigenvalue weighted by atomic mass is 32.2. The zero-order valence-corrected chi connectivity index (χ0v) is 20.2. The quantitative estimate of drug-likeness (QED) is 0.614. The van der Waals surface area contributed by atoms with E-state index in [2.05, 4.69) is 23.6 Å². The Balaban J connectivity index is 1.39. The minimum absolute atomic E-state index is 0.0483. The molecule has 174 valence electrons. The van der Waals surface area contributed by atoms with Crippen LogP contribution in [0.3, 0.4) is 0 Å². The van der Waals surface area contributed by atoms with Crippen molar-refractivity contribution in [2.45, 2.75) is 44.1 Å². The van der Waals surface area contributed by atoms with E-state index in [4.69, 9.17) is 4.74 Å². The van der Waals surface area contributed by atoms with Gasteiger partial charge in [0.2, 0.25) is 0 Å². The van der Waals surface area contributed by atoms with E-state index in [1.165, 1.54) is 24.2 Å². The Hall–Kier alpha value is -2.85. The maximum absolute atomic E-state index is 12.6. The average molecular weight is 488 g/mol. The molecule has 8 nitrogen and oxygen atoms in total. The van der Waals surface area contributed by atoms with Crippen LogP contribution in [0.2, 0.25) is 0 Å². The number of carbonyl (C=O) groups is 2. The molecule has 2 heterocycles. The van der Waals surface area contributed by atoms with Crippen molar-refractivity contribution < 1.29 is 22.7 Å². The number of carbonyl (C=O) groups excluding carboxylic acids is 2. The predicted octanol–water partition coefficient (Wildman–Crippen LogP) is 4.00. The van der Waals surface area contributed by atoms with Crippen LogP contribution in [0.25, 0.3) is 0 Å². The number of hydrogen-bond donors (Lipinski definition) is 1.